The van der Waals surface area contributed by atoms with Crippen LogP contribution in [-0.4, -0.2) is 45.5 Å². The number of hydrogen-bond donors (Lipinski definition) is 2. The molecular formula is C14H16F3N3O3. The van der Waals surface area contributed by atoms with Gasteiger partial charge < -0.3 is 15.7 Å². The molecule has 2 heterocycles. The predicted molar refractivity (Wildman–Crippen MR) is 73.1 cm³/mol. The number of nitrogens with zero attached hydrogens (tertiary/aromatic N) is 2. The quantitative estimate of drug-likeness (QED) is 0.861. The lowest BCUT2D eigenvalue weighted by Crippen LogP contribution is -2.52. The van der Waals surface area contributed by atoms with Crippen LogP contribution in [-0.2, 0) is 11.0 Å². The average Bonchev–Trinajstić information content (AvgIpc) is 2.44. The summed E-state index contributed by atoms with van der Waals surface area (Å²) in [5.74, 6) is -1.62. The molecule has 1 fully saturated rings. The maximum atomic E-state index is 13.0. The lowest BCUT2D eigenvalue weighted by Gasteiger charge is -2.38. The molecule has 9 heteroatoms. The maximum Gasteiger partial charge on any atom is 0.434 e. The molecule has 0 aliphatic carbocycles. The minimum Gasteiger partial charge on any atom is -0.388 e. The summed E-state index contributed by atoms with van der Waals surface area (Å²) in [5, 5.41) is 10.3. The Kier molecular flexibility index (Phi) is 4.60. The summed E-state index contributed by atoms with van der Waals surface area (Å²) in [6.07, 6.45) is -3.54. The standard InChI is InChI=1S/C14H16F3N3O3/c15-14(16,17)11-9(3-1-5-19-11)12(22)20-6-2-4-13(23,8-20)7-10(18)21/h1,3,5,23H,2,4,6-8H2,(H2,18,21). The number of primary amides is 1. The highest BCUT2D eigenvalue weighted by molar-refractivity contribution is 5.95. The molecule has 0 spiro atoms. The highest BCUT2D eigenvalue weighted by atomic mass is 19.4. The second-order valence-corrected chi connectivity index (χ2v) is 5.60. The van der Waals surface area contributed by atoms with Crippen molar-refractivity contribution in [2.45, 2.75) is 31.0 Å². The van der Waals surface area contributed by atoms with Crippen molar-refractivity contribution in [3.63, 3.8) is 0 Å². The monoisotopic (exact) mass is 331 g/mol. The second kappa shape index (κ2) is 6.15. The number of aromatic nitrogens is 1. The lowest BCUT2D eigenvalue weighted by molar-refractivity contribution is -0.141. The Morgan fingerprint density at radius 3 is 2.74 bits per heavy atom. The molecule has 1 aromatic rings. The third-order valence-corrected chi connectivity index (χ3v) is 3.65. The van der Waals surface area contributed by atoms with E-state index in [4.69, 9.17) is 5.73 Å². The number of alkyl halides is 3. The van der Waals surface area contributed by atoms with Gasteiger partial charge in [-0.15, -0.1) is 0 Å². The van der Waals surface area contributed by atoms with Gasteiger partial charge >= 0.3 is 6.18 Å². The van der Waals surface area contributed by atoms with Crippen molar-refractivity contribution in [3.05, 3.63) is 29.6 Å². The zero-order valence-electron chi connectivity index (χ0n) is 12.1. The van der Waals surface area contributed by atoms with E-state index in [9.17, 15) is 27.9 Å². The molecule has 0 aromatic carbocycles. The number of carbonyl (C=O) groups excluding carboxylic acids is 2. The maximum absolute atomic E-state index is 13.0. The molecule has 2 amide bonds. The zero-order chi connectivity index (χ0) is 17.3. The van der Waals surface area contributed by atoms with Crippen molar-refractivity contribution in [2.75, 3.05) is 13.1 Å². The van der Waals surface area contributed by atoms with Gasteiger partial charge in [0.2, 0.25) is 5.91 Å². The van der Waals surface area contributed by atoms with Crippen molar-refractivity contribution in [1.82, 2.24) is 9.88 Å². The van der Waals surface area contributed by atoms with Gasteiger partial charge in [0.1, 0.15) is 0 Å². The normalized spacial score (nSPS) is 22.0. The largest absolute Gasteiger partial charge is 0.434 e. The van der Waals surface area contributed by atoms with E-state index in [1.165, 1.54) is 6.07 Å². The van der Waals surface area contributed by atoms with Gasteiger partial charge in [0.25, 0.3) is 5.91 Å². The molecule has 0 saturated carbocycles. The van der Waals surface area contributed by atoms with Crippen LogP contribution in [0.5, 0.6) is 0 Å². The molecule has 1 aliphatic rings. The molecule has 3 N–H and O–H groups in total. The number of nitrogens with two attached hydrogens (primary N) is 1. The van der Waals surface area contributed by atoms with Gasteiger partial charge in [0.05, 0.1) is 24.1 Å². The number of piperidine rings is 1. The third kappa shape index (κ3) is 3.98. The van der Waals surface area contributed by atoms with Crippen LogP contribution in [0.25, 0.3) is 0 Å². The smallest absolute Gasteiger partial charge is 0.388 e. The van der Waals surface area contributed by atoms with E-state index in [1.807, 2.05) is 0 Å². The summed E-state index contributed by atoms with van der Waals surface area (Å²) in [7, 11) is 0. The Hall–Kier alpha value is -2.16. The van der Waals surface area contributed by atoms with Crippen LogP contribution < -0.4 is 5.73 Å². The fourth-order valence-electron chi connectivity index (χ4n) is 2.73. The summed E-state index contributed by atoms with van der Waals surface area (Å²) in [6.45, 7) is -0.0624. The van der Waals surface area contributed by atoms with Crippen molar-refractivity contribution in [1.29, 1.82) is 0 Å². The third-order valence-electron chi connectivity index (χ3n) is 3.65. The molecule has 1 aromatic heterocycles. The first-order valence-corrected chi connectivity index (χ1v) is 6.94. The van der Waals surface area contributed by atoms with Crippen LogP contribution in [0.3, 0.4) is 0 Å². The first-order chi connectivity index (χ1) is 10.6. The van der Waals surface area contributed by atoms with E-state index in [-0.39, 0.29) is 25.9 Å². The van der Waals surface area contributed by atoms with Gasteiger partial charge in [-0.25, -0.2) is 0 Å². The zero-order valence-corrected chi connectivity index (χ0v) is 12.1. The van der Waals surface area contributed by atoms with Gasteiger partial charge in [0, 0.05) is 12.7 Å². The number of β-amino-alcohol motifs (C(OH)–C–C–N with tert-alkyl or cyclic N) is 1. The predicted octanol–water partition coefficient (Wildman–Crippen LogP) is 0.943. The van der Waals surface area contributed by atoms with E-state index >= 15 is 0 Å². The average molecular weight is 331 g/mol. The summed E-state index contributed by atoms with van der Waals surface area (Å²) in [6, 6.07) is 2.28. The Labute approximate surface area is 130 Å². The van der Waals surface area contributed by atoms with Crippen molar-refractivity contribution in [3.8, 4) is 0 Å². The fraction of sp³-hybridized carbons (Fsp3) is 0.500. The van der Waals surface area contributed by atoms with E-state index in [0.29, 0.717) is 6.42 Å². The van der Waals surface area contributed by atoms with Crippen LogP contribution in [0.1, 0.15) is 35.3 Å². The molecule has 0 radical (unpaired) electrons. The molecule has 23 heavy (non-hydrogen) atoms. The highest BCUT2D eigenvalue weighted by Crippen LogP contribution is 2.32. The summed E-state index contributed by atoms with van der Waals surface area (Å²) >= 11 is 0. The van der Waals surface area contributed by atoms with Crippen molar-refractivity contribution in [2.24, 2.45) is 5.73 Å². The number of rotatable bonds is 3. The Balaban J connectivity index is 2.26. The van der Waals surface area contributed by atoms with Crippen molar-refractivity contribution >= 4 is 11.8 Å². The first kappa shape index (κ1) is 17.2. The van der Waals surface area contributed by atoms with Crippen LogP contribution in [0, 0.1) is 0 Å². The number of pyridine rings is 1. The minimum absolute atomic E-state index is 0.187. The van der Waals surface area contributed by atoms with Gasteiger partial charge in [-0.3, -0.25) is 14.6 Å². The number of carbonyl (C=O) groups is 2. The van der Waals surface area contributed by atoms with Crippen LogP contribution in [0.15, 0.2) is 18.3 Å². The molecule has 2 rings (SSSR count). The molecule has 1 saturated heterocycles. The molecule has 1 aliphatic heterocycles. The highest BCUT2D eigenvalue weighted by Gasteiger charge is 2.41. The minimum atomic E-state index is -4.76. The van der Waals surface area contributed by atoms with E-state index < -0.39 is 34.8 Å². The van der Waals surface area contributed by atoms with Crippen LogP contribution in [0.4, 0.5) is 13.2 Å². The molecular weight excluding hydrogens is 315 g/mol. The lowest BCUT2D eigenvalue weighted by atomic mass is 9.89. The van der Waals surface area contributed by atoms with Crippen LogP contribution >= 0.6 is 0 Å². The van der Waals surface area contributed by atoms with Crippen LogP contribution in [0.2, 0.25) is 0 Å². The summed E-state index contributed by atoms with van der Waals surface area (Å²) < 4.78 is 38.9. The van der Waals surface area contributed by atoms with Gasteiger partial charge in [0.15, 0.2) is 5.69 Å². The molecule has 0 bridgehead atoms. The topological polar surface area (TPSA) is 96.5 Å². The molecule has 1 atom stereocenters. The van der Waals surface area contributed by atoms with Gasteiger partial charge in [-0.1, -0.05) is 0 Å². The molecule has 126 valence electrons. The van der Waals surface area contributed by atoms with E-state index in [1.54, 1.807) is 0 Å². The summed E-state index contributed by atoms with van der Waals surface area (Å²) in [5.41, 5.74) is 1.70. The Morgan fingerprint density at radius 2 is 2.13 bits per heavy atom. The number of amides is 2. The van der Waals surface area contributed by atoms with Gasteiger partial charge in [-0.2, -0.15) is 13.2 Å². The first-order valence-electron chi connectivity index (χ1n) is 6.94. The fourth-order valence-corrected chi connectivity index (χ4v) is 2.73. The molecule has 6 nitrogen and oxygen atoms in total. The number of halogens is 3. The number of aliphatic hydroxyl groups is 1. The Morgan fingerprint density at radius 1 is 1.43 bits per heavy atom. The number of hydrogen-bond acceptors (Lipinski definition) is 4. The van der Waals surface area contributed by atoms with Gasteiger partial charge in [-0.05, 0) is 25.0 Å². The summed E-state index contributed by atoms with van der Waals surface area (Å²) in [4.78, 5) is 27.7. The van der Waals surface area contributed by atoms with E-state index in [0.717, 1.165) is 17.2 Å². The van der Waals surface area contributed by atoms with E-state index in [2.05, 4.69) is 4.98 Å². The SMILES string of the molecule is NC(=O)CC1(O)CCCN(C(=O)c2cccnc2C(F)(F)F)C1. The number of likely N-dealkylation sites (tertiary alicyclic amines) is 1. The van der Waals surface area contributed by atoms with Crippen molar-refractivity contribution < 1.29 is 27.9 Å². The molecule has 1 unspecified atom stereocenters. The Bertz CT molecular complexity index is 621. The second-order valence-electron chi connectivity index (χ2n) is 5.60.